The second-order valence-corrected chi connectivity index (χ2v) is 6.98. The average molecular weight is 424 g/mol. The maximum Gasteiger partial charge on any atom is 0.300 e. The molecule has 152 valence electrons. The summed E-state index contributed by atoms with van der Waals surface area (Å²) in [6.45, 7) is 0. The zero-order valence-electron chi connectivity index (χ0n) is 16.1. The van der Waals surface area contributed by atoms with Crippen LogP contribution in [0.25, 0.3) is 11.3 Å². The van der Waals surface area contributed by atoms with E-state index in [1.165, 1.54) is 4.57 Å². The van der Waals surface area contributed by atoms with Crippen LogP contribution in [0, 0.1) is 0 Å². The van der Waals surface area contributed by atoms with Gasteiger partial charge in [-0.1, -0.05) is 17.7 Å². The molecule has 2 heterocycles. The van der Waals surface area contributed by atoms with E-state index in [9.17, 15) is 9.59 Å². The number of nitrogens with one attached hydrogen (secondary N) is 1. The molecular weight excluding hydrogens is 406 g/mol. The van der Waals surface area contributed by atoms with Crippen molar-refractivity contribution in [3.05, 3.63) is 82.1 Å². The number of anilines is 1. The van der Waals surface area contributed by atoms with Crippen molar-refractivity contribution in [1.29, 1.82) is 0 Å². The number of hydrogen-bond acceptors (Lipinski definition) is 5. The largest absolute Gasteiger partial charge is 0.497 e. The minimum absolute atomic E-state index is 0.180. The Labute approximate surface area is 176 Å². The molecule has 0 saturated heterocycles. The zero-order chi connectivity index (χ0) is 21.1. The van der Waals surface area contributed by atoms with Gasteiger partial charge in [-0.2, -0.15) is 0 Å². The first-order valence-corrected chi connectivity index (χ1v) is 9.58. The van der Waals surface area contributed by atoms with Crippen molar-refractivity contribution in [3.8, 4) is 11.4 Å². The molecule has 0 spiro atoms. The number of amides is 1. The third kappa shape index (κ3) is 4.04. The van der Waals surface area contributed by atoms with E-state index in [0.29, 0.717) is 34.4 Å². The molecule has 0 fully saturated rings. The lowest BCUT2D eigenvalue weighted by Gasteiger charge is -2.08. The van der Waals surface area contributed by atoms with Crippen LogP contribution in [0.1, 0.15) is 12.2 Å². The van der Waals surface area contributed by atoms with Gasteiger partial charge in [0.05, 0.1) is 7.11 Å². The van der Waals surface area contributed by atoms with E-state index in [-0.39, 0.29) is 23.5 Å². The van der Waals surface area contributed by atoms with E-state index in [1.807, 2.05) is 0 Å². The molecule has 0 atom stereocenters. The first-order valence-electron chi connectivity index (χ1n) is 9.20. The zero-order valence-corrected chi connectivity index (χ0v) is 16.8. The number of carbonyl (C=O) groups excluding carboxylic acids is 1. The van der Waals surface area contributed by atoms with Crippen molar-refractivity contribution >= 4 is 28.8 Å². The first-order chi connectivity index (χ1) is 14.5. The Morgan fingerprint density at radius 2 is 1.93 bits per heavy atom. The van der Waals surface area contributed by atoms with Crippen molar-refractivity contribution in [2.45, 2.75) is 12.8 Å². The minimum atomic E-state index is -0.301. The molecular formula is C21H18ClN5O3. The first kappa shape index (κ1) is 19.7. The molecule has 0 aliphatic rings. The lowest BCUT2D eigenvalue weighted by molar-refractivity contribution is -0.116. The van der Waals surface area contributed by atoms with Gasteiger partial charge in [-0.25, -0.2) is 0 Å². The Morgan fingerprint density at radius 3 is 2.67 bits per heavy atom. The Hall–Kier alpha value is -3.65. The molecule has 4 rings (SSSR count). The van der Waals surface area contributed by atoms with E-state index in [1.54, 1.807) is 72.4 Å². The van der Waals surface area contributed by atoms with Crippen LogP contribution >= 0.6 is 11.6 Å². The number of rotatable bonds is 6. The molecule has 9 heteroatoms. The second-order valence-electron chi connectivity index (χ2n) is 6.54. The fraction of sp³-hybridized carbons (Fsp3) is 0.143. The Kier molecular flexibility index (Phi) is 5.49. The lowest BCUT2D eigenvalue weighted by Crippen LogP contribution is -2.20. The van der Waals surface area contributed by atoms with Crippen LogP contribution in [0.5, 0.6) is 5.75 Å². The fourth-order valence-electron chi connectivity index (χ4n) is 3.07. The van der Waals surface area contributed by atoms with Gasteiger partial charge in [0, 0.05) is 41.6 Å². The normalized spacial score (nSPS) is 10.9. The molecule has 30 heavy (non-hydrogen) atoms. The number of methoxy groups -OCH3 is 1. The third-order valence-electron chi connectivity index (χ3n) is 4.58. The van der Waals surface area contributed by atoms with Gasteiger partial charge < -0.3 is 10.1 Å². The Morgan fingerprint density at radius 1 is 1.13 bits per heavy atom. The fourth-order valence-corrected chi connectivity index (χ4v) is 3.26. The van der Waals surface area contributed by atoms with Gasteiger partial charge in [0.15, 0.2) is 0 Å². The van der Waals surface area contributed by atoms with Crippen LogP contribution in [-0.4, -0.2) is 32.2 Å². The van der Waals surface area contributed by atoms with Crippen molar-refractivity contribution in [1.82, 2.24) is 19.2 Å². The molecule has 0 radical (unpaired) electrons. The smallest absolute Gasteiger partial charge is 0.300 e. The van der Waals surface area contributed by atoms with Gasteiger partial charge in [0.25, 0.3) is 0 Å². The third-order valence-corrected chi connectivity index (χ3v) is 4.81. The molecule has 1 N–H and O–H groups in total. The molecule has 8 nitrogen and oxygen atoms in total. The topological polar surface area (TPSA) is 90.5 Å². The minimum Gasteiger partial charge on any atom is -0.497 e. The molecule has 2 aromatic heterocycles. The van der Waals surface area contributed by atoms with Crippen LogP contribution in [0.15, 0.2) is 65.7 Å². The SMILES string of the molecule is COc1ccc(-n2ccn3c(CCC(=O)Nc4cccc(Cl)c4)nnc3c2=O)cc1. The number of hydrogen-bond donors (Lipinski definition) is 1. The summed E-state index contributed by atoms with van der Waals surface area (Å²) >= 11 is 5.93. The summed E-state index contributed by atoms with van der Waals surface area (Å²) in [4.78, 5) is 25.1. The van der Waals surface area contributed by atoms with E-state index in [2.05, 4.69) is 15.5 Å². The Bertz CT molecular complexity index is 1260. The number of fused-ring (bicyclic) bond motifs is 1. The predicted molar refractivity (Wildman–Crippen MR) is 114 cm³/mol. The summed E-state index contributed by atoms with van der Waals surface area (Å²) in [6.07, 6.45) is 3.88. The molecule has 0 unspecified atom stereocenters. The van der Waals surface area contributed by atoms with E-state index in [0.717, 1.165) is 0 Å². The number of halogens is 1. The predicted octanol–water partition coefficient (Wildman–Crippen LogP) is 3.11. The molecule has 0 aliphatic heterocycles. The van der Waals surface area contributed by atoms with Crippen LogP contribution in [-0.2, 0) is 11.2 Å². The molecule has 0 aliphatic carbocycles. The van der Waals surface area contributed by atoms with Crippen molar-refractivity contribution in [3.63, 3.8) is 0 Å². The molecule has 0 bridgehead atoms. The summed E-state index contributed by atoms with van der Waals surface area (Å²) in [6, 6.07) is 14.1. The summed E-state index contributed by atoms with van der Waals surface area (Å²) in [5.41, 5.74) is 1.21. The molecule has 2 aromatic carbocycles. The maximum absolute atomic E-state index is 12.8. The monoisotopic (exact) mass is 423 g/mol. The van der Waals surface area contributed by atoms with Crippen molar-refractivity contribution < 1.29 is 9.53 Å². The van der Waals surface area contributed by atoms with Gasteiger partial charge in [-0.3, -0.25) is 18.6 Å². The highest BCUT2D eigenvalue weighted by Crippen LogP contribution is 2.16. The number of aryl methyl sites for hydroxylation is 1. The summed E-state index contributed by atoms with van der Waals surface area (Å²) in [7, 11) is 1.58. The average Bonchev–Trinajstić information content (AvgIpc) is 3.17. The van der Waals surface area contributed by atoms with Gasteiger partial charge in [0.2, 0.25) is 11.6 Å². The van der Waals surface area contributed by atoms with Crippen LogP contribution in [0.2, 0.25) is 5.02 Å². The van der Waals surface area contributed by atoms with Gasteiger partial charge in [0.1, 0.15) is 11.6 Å². The molecule has 0 saturated carbocycles. The quantitative estimate of drug-likeness (QED) is 0.514. The molecule has 1 amide bonds. The standard InChI is InChI=1S/C21H18ClN5O3/c1-30-17-7-5-16(6-8-17)26-11-12-27-18(24-25-20(27)21(26)29)9-10-19(28)23-15-4-2-3-14(22)13-15/h2-8,11-13H,9-10H2,1H3,(H,23,28). The molecule has 4 aromatic rings. The van der Waals surface area contributed by atoms with Gasteiger partial charge in [-0.05, 0) is 42.5 Å². The van der Waals surface area contributed by atoms with Crippen molar-refractivity contribution in [2.24, 2.45) is 0 Å². The summed E-state index contributed by atoms with van der Waals surface area (Å²) in [5, 5.41) is 11.4. The highest BCUT2D eigenvalue weighted by Gasteiger charge is 2.13. The number of benzene rings is 2. The maximum atomic E-state index is 12.8. The van der Waals surface area contributed by atoms with Crippen LogP contribution < -0.4 is 15.6 Å². The van der Waals surface area contributed by atoms with Gasteiger partial charge >= 0.3 is 5.56 Å². The van der Waals surface area contributed by atoms with Crippen LogP contribution in [0.3, 0.4) is 0 Å². The van der Waals surface area contributed by atoms with E-state index < -0.39 is 0 Å². The lowest BCUT2D eigenvalue weighted by atomic mass is 10.2. The highest BCUT2D eigenvalue weighted by molar-refractivity contribution is 6.30. The number of carbonyl (C=O) groups is 1. The Balaban J connectivity index is 1.51. The highest BCUT2D eigenvalue weighted by atomic mass is 35.5. The van der Waals surface area contributed by atoms with Crippen molar-refractivity contribution in [2.75, 3.05) is 12.4 Å². The van der Waals surface area contributed by atoms with Crippen LogP contribution in [0.4, 0.5) is 5.69 Å². The van der Waals surface area contributed by atoms with E-state index >= 15 is 0 Å². The number of nitrogens with zero attached hydrogens (tertiary/aromatic N) is 4. The summed E-state index contributed by atoms with van der Waals surface area (Å²) in [5.74, 6) is 1.06. The number of aromatic nitrogens is 4. The summed E-state index contributed by atoms with van der Waals surface area (Å²) < 4.78 is 8.24. The van der Waals surface area contributed by atoms with Gasteiger partial charge in [-0.15, -0.1) is 10.2 Å². The van der Waals surface area contributed by atoms with E-state index in [4.69, 9.17) is 16.3 Å². The second kappa shape index (κ2) is 8.38. The number of ether oxygens (including phenoxy) is 1.